The van der Waals surface area contributed by atoms with Gasteiger partial charge in [-0.15, -0.1) is 11.8 Å². The summed E-state index contributed by atoms with van der Waals surface area (Å²) >= 11 is 5.16. The van der Waals surface area contributed by atoms with E-state index >= 15 is 0 Å². The summed E-state index contributed by atoms with van der Waals surface area (Å²) in [5.41, 5.74) is 7.86. The SMILES string of the molecule is CC1(C)SCc2c(F)ccc(Br)c2C1N. The van der Waals surface area contributed by atoms with Gasteiger partial charge in [-0.05, 0) is 31.5 Å². The maximum Gasteiger partial charge on any atom is 0.127 e. The van der Waals surface area contributed by atoms with Gasteiger partial charge in [0.05, 0.1) is 0 Å². The van der Waals surface area contributed by atoms with E-state index in [-0.39, 0.29) is 16.6 Å². The van der Waals surface area contributed by atoms with Crippen LogP contribution in [0.15, 0.2) is 16.6 Å². The van der Waals surface area contributed by atoms with Gasteiger partial charge in [-0.3, -0.25) is 0 Å². The van der Waals surface area contributed by atoms with Gasteiger partial charge in [0.25, 0.3) is 0 Å². The smallest absolute Gasteiger partial charge is 0.127 e. The first-order valence-corrected chi connectivity index (χ1v) is 6.57. The highest BCUT2D eigenvalue weighted by atomic mass is 79.9. The van der Waals surface area contributed by atoms with E-state index in [0.717, 1.165) is 15.6 Å². The minimum atomic E-state index is -0.147. The van der Waals surface area contributed by atoms with Crippen LogP contribution < -0.4 is 5.73 Å². The van der Waals surface area contributed by atoms with E-state index in [9.17, 15) is 4.39 Å². The molecule has 1 unspecified atom stereocenters. The molecular weight excluding hydrogens is 277 g/mol. The average molecular weight is 290 g/mol. The van der Waals surface area contributed by atoms with Crippen molar-refractivity contribution in [3.8, 4) is 0 Å². The van der Waals surface area contributed by atoms with E-state index in [0.29, 0.717) is 5.75 Å². The first-order valence-electron chi connectivity index (χ1n) is 4.80. The molecule has 0 fully saturated rings. The molecule has 15 heavy (non-hydrogen) atoms. The van der Waals surface area contributed by atoms with E-state index in [4.69, 9.17) is 5.73 Å². The number of hydrogen-bond acceptors (Lipinski definition) is 2. The molecule has 0 saturated carbocycles. The van der Waals surface area contributed by atoms with E-state index in [1.54, 1.807) is 17.8 Å². The number of benzene rings is 1. The van der Waals surface area contributed by atoms with Crippen LogP contribution in [0.4, 0.5) is 4.39 Å². The summed E-state index contributed by atoms with van der Waals surface area (Å²) in [6, 6.07) is 3.10. The third kappa shape index (κ3) is 1.83. The molecule has 0 amide bonds. The van der Waals surface area contributed by atoms with Crippen LogP contribution in [-0.4, -0.2) is 4.75 Å². The molecular formula is C11H13BrFNS. The molecule has 0 spiro atoms. The third-order valence-electron chi connectivity index (χ3n) is 2.90. The molecule has 1 aliphatic rings. The van der Waals surface area contributed by atoms with E-state index in [1.807, 2.05) is 0 Å². The molecule has 0 radical (unpaired) electrons. The van der Waals surface area contributed by atoms with Crippen molar-refractivity contribution < 1.29 is 4.39 Å². The van der Waals surface area contributed by atoms with Crippen LogP contribution >= 0.6 is 27.7 Å². The van der Waals surface area contributed by atoms with Crippen molar-refractivity contribution in [2.24, 2.45) is 5.73 Å². The second-order valence-electron chi connectivity index (χ2n) is 4.29. The lowest BCUT2D eigenvalue weighted by Crippen LogP contribution is -2.36. The van der Waals surface area contributed by atoms with E-state index < -0.39 is 0 Å². The highest BCUT2D eigenvalue weighted by Crippen LogP contribution is 2.47. The summed E-state index contributed by atoms with van der Waals surface area (Å²) in [4.78, 5) is 0. The van der Waals surface area contributed by atoms with Crippen LogP contribution in [-0.2, 0) is 5.75 Å². The Morgan fingerprint density at radius 3 is 2.87 bits per heavy atom. The van der Waals surface area contributed by atoms with Gasteiger partial charge in [-0.25, -0.2) is 4.39 Å². The molecule has 1 aromatic rings. The highest BCUT2D eigenvalue weighted by molar-refractivity contribution is 9.10. The van der Waals surface area contributed by atoms with Crippen molar-refractivity contribution in [1.29, 1.82) is 0 Å². The van der Waals surface area contributed by atoms with Gasteiger partial charge in [0, 0.05) is 26.6 Å². The van der Waals surface area contributed by atoms with Crippen LogP contribution in [0.1, 0.15) is 31.0 Å². The summed E-state index contributed by atoms with van der Waals surface area (Å²) < 4.78 is 14.5. The molecule has 2 rings (SSSR count). The minimum Gasteiger partial charge on any atom is -0.323 e. The predicted octanol–water partition coefficient (Wildman–Crippen LogP) is 3.61. The van der Waals surface area contributed by atoms with Gasteiger partial charge in [-0.2, -0.15) is 0 Å². The number of thioether (sulfide) groups is 1. The Kier molecular flexibility index (Phi) is 2.86. The van der Waals surface area contributed by atoms with Gasteiger partial charge < -0.3 is 5.73 Å². The Bertz CT molecular complexity index is 406. The zero-order valence-electron chi connectivity index (χ0n) is 8.68. The van der Waals surface area contributed by atoms with Gasteiger partial charge >= 0.3 is 0 Å². The maximum absolute atomic E-state index is 13.6. The fourth-order valence-corrected chi connectivity index (χ4v) is 3.51. The van der Waals surface area contributed by atoms with Crippen molar-refractivity contribution in [3.63, 3.8) is 0 Å². The Labute approximate surface area is 102 Å². The summed E-state index contributed by atoms with van der Waals surface area (Å²) in [6.07, 6.45) is 0. The molecule has 0 aliphatic carbocycles. The Balaban J connectivity index is 2.60. The van der Waals surface area contributed by atoms with E-state index in [2.05, 4.69) is 29.8 Å². The monoisotopic (exact) mass is 289 g/mol. The number of halogens is 2. The van der Waals surface area contributed by atoms with Gasteiger partial charge in [0.1, 0.15) is 5.82 Å². The number of hydrogen-bond donors (Lipinski definition) is 1. The highest BCUT2D eigenvalue weighted by Gasteiger charge is 2.36. The molecule has 1 nitrogen and oxygen atoms in total. The van der Waals surface area contributed by atoms with Crippen LogP contribution in [0, 0.1) is 5.82 Å². The van der Waals surface area contributed by atoms with E-state index in [1.165, 1.54) is 6.07 Å². The van der Waals surface area contributed by atoms with Gasteiger partial charge in [0.15, 0.2) is 0 Å². The summed E-state index contributed by atoms with van der Waals surface area (Å²) in [7, 11) is 0. The molecule has 1 heterocycles. The lowest BCUT2D eigenvalue weighted by atomic mass is 9.92. The molecule has 1 aliphatic heterocycles. The van der Waals surface area contributed by atoms with Gasteiger partial charge in [-0.1, -0.05) is 15.9 Å². The number of fused-ring (bicyclic) bond motifs is 1. The standard InChI is InChI=1S/C11H13BrFNS/c1-11(2)10(14)9-6(5-15-11)8(13)4-3-7(9)12/h3-4,10H,5,14H2,1-2H3. The van der Waals surface area contributed by atoms with Crippen molar-refractivity contribution in [3.05, 3.63) is 33.5 Å². The first kappa shape index (κ1) is 11.4. The molecule has 4 heteroatoms. The van der Waals surface area contributed by atoms with Crippen molar-refractivity contribution >= 4 is 27.7 Å². The lowest BCUT2D eigenvalue weighted by molar-refractivity contribution is 0.535. The molecule has 0 saturated heterocycles. The first-order chi connectivity index (χ1) is 6.93. The lowest BCUT2D eigenvalue weighted by Gasteiger charge is -2.37. The molecule has 0 aromatic heterocycles. The Morgan fingerprint density at radius 2 is 2.20 bits per heavy atom. The molecule has 1 aromatic carbocycles. The average Bonchev–Trinajstić information content (AvgIpc) is 2.16. The summed E-state index contributed by atoms with van der Waals surface area (Å²) in [5.74, 6) is 0.549. The summed E-state index contributed by atoms with van der Waals surface area (Å²) in [6.45, 7) is 4.20. The van der Waals surface area contributed by atoms with Crippen LogP contribution in [0.2, 0.25) is 0 Å². The van der Waals surface area contributed by atoms with Crippen molar-refractivity contribution in [2.75, 3.05) is 0 Å². The number of nitrogens with two attached hydrogens (primary N) is 1. The van der Waals surface area contributed by atoms with Crippen LogP contribution in [0.25, 0.3) is 0 Å². The quantitative estimate of drug-likeness (QED) is 0.790. The fourth-order valence-electron chi connectivity index (χ4n) is 1.79. The minimum absolute atomic E-state index is 0.0384. The zero-order valence-corrected chi connectivity index (χ0v) is 11.1. The number of rotatable bonds is 0. The molecule has 2 N–H and O–H groups in total. The third-order valence-corrected chi connectivity index (χ3v) is 5.02. The second-order valence-corrected chi connectivity index (χ2v) is 6.78. The topological polar surface area (TPSA) is 26.0 Å². The normalized spacial score (nSPS) is 23.7. The van der Waals surface area contributed by atoms with Crippen molar-refractivity contribution in [1.82, 2.24) is 0 Å². The fraction of sp³-hybridized carbons (Fsp3) is 0.455. The van der Waals surface area contributed by atoms with Crippen LogP contribution in [0.5, 0.6) is 0 Å². The largest absolute Gasteiger partial charge is 0.323 e. The predicted molar refractivity (Wildman–Crippen MR) is 66.4 cm³/mol. The zero-order chi connectivity index (χ0) is 11.2. The Hall–Kier alpha value is -0.0600. The molecule has 82 valence electrons. The summed E-state index contributed by atoms with van der Waals surface area (Å²) in [5, 5.41) is 0. The van der Waals surface area contributed by atoms with Crippen LogP contribution in [0.3, 0.4) is 0 Å². The second kappa shape index (κ2) is 3.75. The maximum atomic E-state index is 13.6. The van der Waals surface area contributed by atoms with Crippen molar-refractivity contribution in [2.45, 2.75) is 30.4 Å². The molecule has 0 bridgehead atoms. The Morgan fingerprint density at radius 1 is 1.53 bits per heavy atom. The molecule has 1 atom stereocenters. The van der Waals surface area contributed by atoms with Gasteiger partial charge in [0.2, 0.25) is 0 Å².